The van der Waals surface area contributed by atoms with Crippen molar-refractivity contribution in [2.45, 2.75) is 45.3 Å². The van der Waals surface area contributed by atoms with Crippen LogP contribution in [0.15, 0.2) is 18.2 Å². The molecule has 2 aliphatic carbocycles. The van der Waals surface area contributed by atoms with Crippen LogP contribution in [0, 0.1) is 17.8 Å². The third-order valence-corrected chi connectivity index (χ3v) is 5.75. The van der Waals surface area contributed by atoms with Crippen LogP contribution in [0.2, 0.25) is 0 Å². The molecule has 4 heteroatoms. The molecule has 0 spiro atoms. The van der Waals surface area contributed by atoms with Crippen LogP contribution >= 0.6 is 0 Å². The molecule has 2 fully saturated rings. The standard InChI is InChI=1S/C17H23N3O/c1-10(14-7-11-2-3-12(14)6-11)20-16-5-4-13(18)8-15(16)19-17(20)9-21/h4-5,8,10-12,14,21H,2-3,6-7,9,18H2,1H3. The van der Waals surface area contributed by atoms with Crippen LogP contribution in [0.25, 0.3) is 11.0 Å². The molecule has 1 aromatic heterocycles. The second-order valence-corrected chi connectivity index (χ2v) is 6.88. The molecule has 4 rings (SSSR count). The molecular weight excluding hydrogens is 262 g/mol. The van der Waals surface area contributed by atoms with Gasteiger partial charge in [0.1, 0.15) is 12.4 Å². The highest BCUT2D eigenvalue weighted by atomic mass is 16.3. The van der Waals surface area contributed by atoms with Crippen molar-refractivity contribution >= 4 is 16.7 Å². The number of anilines is 1. The predicted molar refractivity (Wildman–Crippen MR) is 83.7 cm³/mol. The Morgan fingerprint density at radius 1 is 1.38 bits per heavy atom. The number of nitrogen functional groups attached to an aromatic ring is 1. The van der Waals surface area contributed by atoms with Crippen molar-refractivity contribution in [2.75, 3.05) is 5.73 Å². The first kappa shape index (κ1) is 13.1. The van der Waals surface area contributed by atoms with Gasteiger partial charge in [0.05, 0.1) is 11.0 Å². The molecule has 0 saturated heterocycles. The van der Waals surface area contributed by atoms with E-state index in [9.17, 15) is 5.11 Å². The molecule has 0 amide bonds. The predicted octanol–water partition coefficient (Wildman–Crippen LogP) is 3.11. The largest absolute Gasteiger partial charge is 0.399 e. The number of fused-ring (bicyclic) bond motifs is 3. The fourth-order valence-electron chi connectivity index (χ4n) is 4.81. The van der Waals surface area contributed by atoms with E-state index in [1.54, 1.807) is 0 Å². The monoisotopic (exact) mass is 285 g/mol. The van der Waals surface area contributed by atoms with Gasteiger partial charge in [0.15, 0.2) is 0 Å². The summed E-state index contributed by atoms with van der Waals surface area (Å²) in [6.07, 6.45) is 5.55. The van der Waals surface area contributed by atoms with E-state index in [1.165, 1.54) is 25.7 Å². The second kappa shape index (κ2) is 4.73. The minimum atomic E-state index is -0.0141. The van der Waals surface area contributed by atoms with Crippen LogP contribution in [0.5, 0.6) is 0 Å². The number of rotatable bonds is 3. The molecule has 1 aromatic carbocycles. The Labute approximate surface area is 125 Å². The number of nitrogens with two attached hydrogens (primary N) is 1. The van der Waals surface area contributed by atoms with Gasteiger partial charge in [-0.3, -0.25) is 0 Å². The first-order chi connectivity index (χ1) is 10.2. The number of benzene rings is 1. The van der Waals surface area contributed by atoms with E-state index < -0.39 is 0 Å². The lowest BCUT2D eigenvalue weighted by molar-refractivity contribution is 0.221. The van der Waals surface area contributed by atoms with E-state index in [1.807, 2.05) is 18.2 Å². The third-order valence-electron chi connectivity index (χ3n) is 5.75. The van der Waals surface area contributed by atoms with E-state index in [0.717, 1.165) is 40.3 Å². The van der Waals surface area contributed by atoms with E-state index in [-0.39, 0.29) is 6.61 Å². The summed E-state index contributed by atoms with van der Waals surface area (Å²) in [5.74, 6) is 3.29. The summed E-state index contributed by atoms with van der Waals surface area (Å²) in [5.41, 5.74) is 8.58. The van der Waals surface area contributed by atoms with Gasteiger partial charge < -0.3 is 15.4 Å². The van der Waals surface area contributed by atoms with Crippen molar-refractivity contribution < 1.29 is 5.11 Å². The average Bonchev–Trinajstić information content (AvgIpc) is 3.18. The van der Waals surface area contributed by atoms with E-state index in [0.29, 0.717) is 6.04 Å². The van der Waals surface area contributed by atoms with Gasteiger partial charge >= 0.3 is 0 Å². The molecular formula is C17H23N3O. The number of hydrogen-bond donors (Lipinski definition) is 2. The number of imidazole rings is 1. The Morgan fingerprint density at radius 3 is 2.90 bits per heavy atom. The molecule has 4 atom stereocenters. The molecule has 2 bridgehead atoms. The lowest BCUT2D eigenvalue weighted by Gasteiger charge is -2.30. The quantitative estimate of drug-likeness (QED) is 0.852. The molecule has 112 valence electrons. The van der Waals surface area contributed by atoms with E-state index >= 15 is 0 Å². The zero-order valence-electron chi connectivity index (χ0n) is 12.5. The van der Waals surface area contributed by atoms with Crippen molar-refractivity contribution in [1.29, 1.82) is 0 Å². The lowest BCUT2D eigenvalue weighted by Crippen LogP contribution is -2.23. The highest BCUT2D eigenvalue weighted by molar-refractivity contribution is 5.79. The SMILES string of the molecule is CC(C1CC2CCC1C2)n1c(CO)nc2cc(N)ccc21. The number of aliphatic hydroxyl groups is 1. The number of nitrogens with zero attached hydrogens (tertiary/aromatic N) is 2. The maximum atomic E-state index is 9.70. The summed E-state index contributed by atoms with van der Waals surface area (Å²) in [6.45, 7) is 2.28. The van der Waals surface area contributed by atoms with Gasteiger partial charge in [-0.25, -0.2) is 4.98 Å². The van der Waals surface area contributed by atoms with E-state index in [4.69, 9.17) is 5.73 Å². The van der Waals surface area contributed by atoms with Gasteiger partial charge in [-0.2, -0.15) is 0 Å². The average molecular weight is 285 g/mol. The van der Waals surface area contributed by atoms with Crippen molar-refractivity contribution in [2.24, 2.45) is 17.8 Å². The normalized spacial score (nSPS) is 29.3. The molecule has 4 unspecified atom stereocenters. The van der Waals surface area contributed by atoms with Gasteiger partial charge in [-0.1, -0.05) is 6.42 Å². The zero-order chi connectivity index (χ0) is 14.6. The number of aromatic nitrogens is 2. The summed E-state index contributed by atoms with van der Waals surface area (Å²) in [5, 5.41) is 9.70. The molecule has 21 heavy (non-hydrogen) atoms. The summed E-state index contributed by atoms with van der Waals surface area (Å²) in [6, 6.07) is 6.27. The Bertz CT molecular complexity index is 678. The summed E-state index contributed by atoms with van der Waals surface area (Å²) in [7, 11) is 0. The molecule has 0 aliphatic heterocycles. The first-order valence-corrected chi connectivity index (χ1v) is 8.04. The van der Waals surface area contributed by atoms with Crippen molar-refractivity contribution in [3.8, 4) is 0 Å². The minimum Gasteiger partial charge on any atom is -0.399 e. The molecule has 4 nitrogen and oxygen atoms in total. The van der Waals surface area contributed by atoms with Crippen LogP contribution in [0.1, 0.15) is 44.5 Å². The smallest absolute Gasteiger partial charge is 0.135 e. The fourth-order valence-corrected chi connectivity index (χ4v) is 4.81. The highest BCUT2D eigenvalue weighted by Gasteiger charge is 2.42. The van der Waals surface area contributed by atoms with Crippen LogP contribution in [-0.2, 0) is 6.61 Å². The lowest BCUT2D eigenvalue weighted by atomic mass is 9.83. The molecule has 2 aromatic rings. The van der Waals surface area contributed by atoms with Gasteiger partial charge in [-0.05, 0) is 62.1 Å². The maximum Gasteiger partial charge on any atom is 0.135 e. The third kappa shape index (κ3) is 1.96. The van der Waals surface area contributed by atoms with Crippen molar-refractivity contribution in [1.82, 2.24) is 9.55 Å². The number of aliphatic hydroxyl groups excluding tert-OH is 1. The minimum absolute atomic E-state index is 0.0141. The van der Waals surface area contributed by atoms with Crippen LogP contribution in [0.3, 0.4) is 0 Å². The molecule has 2 saturated carbocycles. The van der Waals surface area contributed by atoms with Gasteiger partial charge in [0.25, 0.3) is 0 Å². The molecule has 0 radical (unpaired) electrons. The maximum absolute atomic E-state index is 9.70. The van der Waals surface area contributed by atoms with Gasteiger partial charge in [0.2, 0.25) is 0 Å². The Hall–Kier alpha value is -1.55. The van der Waals surface area contributed by atoms with Crippen LogP contribution in [-0.4, -0.2) is 14.7 Å². The van der Waals surface area contributed by atoms with Gasteiger partial charge in [0, 0.05) is 11.7 Å². The second-order valence-electron chi connectivity index (χ2n) is 6.88. The Kier molecular flexibility index (Phi) is 2.96. The summed E-state index contributed by atoms with van der Waals surface area (Å²) >= 11 is 0. The van der Waals surface area contributed by atoms with Crippen LogP contribution in [0.4, 0.5) is 5.69 Å². The zero-order valence-corrected chi connectivity index (χ0v) is 12.5. The Morgan fingerprint density at radius 2 is 2.24 bits per heavy atom. The van der Waals surface area contributed by atoms with E-state index in [2.05, 4.69) is 16.5 Å². The van der Waals surface area contributed by atoms with Crippen molar-refractivity contribution in [3.05, 3.63) is 24.0 Å². The molecule has 2 aliphatic rings. The van der Waals surface area contributed by atoms with Gasteiger partial charge in [-0.15, -0.1) is 0 Å². The summed E-state index contributed by atoms with van der Waals surface area (Å²) in [4.78, 5) is 4.58. The fraction of sp³-hybridized carbons (Fsp3) is 0.588. The van der Waals surface area contributed by atoms with Crippen molar-refractivity contribution in [3.63, 3.8) is 0 Å². The topological polar surface area (TPSA) is 64.1 Å². The highest BCUT2D eigenvalue weighted by Crippen LogP contribution is 2.52. The first-order valence-electron chi connectivity index (χ1n) is 8.04. The van der Waals surface area contributed by atoms with Crippen LogP contribution < -0.4 is 5.73 Å². The Balaban J connectivity index is 1.77. The molecule has 3 N–H and O–H groups in total. The summed E-state index contributed by atoms with van der Waals surface area (Å²) < 4.78 is 2.25. The molecule has 1 heterocycles. The number of hydrogen-bond acceptors (Lipinski definition) is 3.